The van der Waals surface area contributed by atoms with Crippen LogP contribution < -0.4 is 15.1 Å². The van der Waals surface area contributed by atoms with Gasteiger partial charge in [-0.1, -0.05) is 5.21 Å². The van der Waals surface area contributed by atoms with Crippen LogP contribution in [0.3, 0.4) is 0 Å². The molecule has 1 aromatic carbocycles. The maximum absolute atomic E-state index is 15.2. The van der Waals surface area contributed by atoms with Gasteiger partial charge in [0.05, 0.1) is 29.2 Å². The highest BCUT2D eigenvalue weighted by atomic mass is 19.1. The van der Waals surface area contributed by atoms with E-state index in [9.17, 15) is 14.7 Å². The van der Waals surface area contributed by atoms with Gasteiger partial charge in [0.15, 0.2) is 11.6 Å². The largest absolute Gasteiger partial charge is 0.487 e. The lowest BCUT2D eigenvalue weighted by Crippen LogP contribution is -2.29. The Morgan fingerprint density at radius 3 is 2.97 bits per heavy atom. The lowest BCUT2D eigenvalue weighted by Gasteiger charge is -2.31. The molecule has 3 aromatic rings. The number of carboxylic acids is 1. The number of hydrogen-bond acceptors (Lipinski definition) is 6. The number of aromatic nitrogens is 4. The summed E-state index contributed by atoms with van der Waals surface area (Å²) in [7, 11) is 0. The van der Waals surface area contributed by atoms with E-state index in [1.54, 1.807) is 21.6 Å². The zero-order valence-electron chi connectivity index (χ0n) is 15.6. The van der Waals surface area contributed by atoms with Crippen LogP contribution in [0.25, 0.3) is 10.9 Å². The Morgan fingerprint density at radius 2 is 2.24 bits per heavy atom. The van der Waals surface area contributed by atoms with Crippen LogP contribution in [0.1, 0.15) is 35.8 Å². The average molecular weight is 399 g/mol. The molecular formula is C19H18FN5O4. The molecule has 0 aliphatic carbocycles. The topological polar surface area (TPSA) is 102 Å². The molecule has 150 valence electrons. The SMILES string of the molecule is C[C@H]1COc2c(N3CCC(n4ccnn4)C3)c(F)cc3c(=O)c(C(=O)O)cn1c23. The Bertz CT molecular complexity index is 1190. The van der Waals surface area contributed by atoms with Gasteiger partial charge in [0, 0.05) is 25.5 Å². The highest BCUT2D eigenvalue weighted by Crippen LogP contribution is 2.43. The van der Waals surface area contributed by atoms with Gasteiger partial charge in [-0.15, -0.1) is 5.10 Å². The summed E-state index contributed by atoms with van der Waals surface area (Å²) in [4.78, 5) is 26.0. The van der Waals surface area contributed by atoms with Gasteiger partial charge in [-0.3, -0.25) is 4.79 Å². The normalized spacial score (nSPS) is 20.8. The van der Waals surface area contributed by atoms with Crippen LogP contribution in [-0.4, -0.2) is 50.3 Å². The molecule has 0 spiro atoms. The maximum Gasteiger partial charge on any atom is 0.341 e. The summed E-state index contributed by atoms with van der Waals surface area (Å²) >= 11 is 0. The second kappa shape index (κ2) is 6.29. The van der Waals surface area contributed by atoms with Crippen LogP contribution in [0.4, 0.5) is 10.1 Å². The van der Waals surface area contributed by atoms with Gasteiger partial charge in [0.2, 0.25) is 5.43 Å². The lowest BCUT2D eigenvalue weighted by molar-refractivity contribution is 0.0694. The number of anilines is 1. The number of hydrogen-bond donors (Lipinski definition) is 1. The first-order valence-electron chi connectivity index (χ1n) is 9.34. The molecule has 2 aliphatic heterocycles. The van der Waals surface area contributed by atoms with E-state index in [2.05, 4.69) is 10.3 Å². The minimum Gasteiger partial charge on any atom is -0.487 e. The first-order valence-corrected chi connectivity index (χ1v) is 9.34. The van der Waals surface area contributed by atoms with E-state index in [0.29, 0.717) is 24.3 Å². The van der Waals surface area contributed by atoms with Crippen molar-refractivity contribution in [3.8, 4) is 5.75 Å². The van der Waals surface area contributed by atoms with Gasteiger partial charge in [-0.05, 0) is 19.4 Å². The molecule has 5 rings (SSSR count). The summed E-state index contributed by atoms with van der Waals surface area (Å²) in [6.07, 6.45) is 5.47. The molecule has 4 heterocycles. The predicted octanol–water partition coefficient (Wildman–Crippen LogP) is 1.84. The third-order valence-electron chi connectivity index (χ3n) is 5.67. The number of rotatable bonds is 3. The smallest absolute Gasteiger partial charge is 0.341 e. The fourth-order valence-electron chi connectivity index (χ4n) is 4.23. The molecule has 0 bridgehead atoms. The van der Waals surface area contributed by atoms with Gasteiger partial charge < -0.3 is 19.3 Å². The van der Waals surface area contributed by atoms with Crippen LogP contribution in [0.15, 0.2) is 29.5 Å². The maximum atomic E-state index is 15.2. The number of ether oxygens (including phenoxy) is 1. The van der Waals surface area contributed by atoms with Crippen molar-refractivity contribution in [2.24, 2.45) is 0 Å². The van der Waals surface area contributed by atoms with Gasteiger partial charge in [-0.25, -0.2) is 13.9 Å². The zero-order valence-corrected chi connectivity index (χ0v) is 15.6. The van der Waals surface area contributed by atoms with Gasteiger partial charge in [0.25, 0.3) is 0 Å². The fraction of sp³-hybridized carbons (Fsp3) is 0.368. The number of carbonyl (C=O) groups is 1. The monoisotopic (exact) mass is 399 g/mol. The van der Waals surface area contributed by atoms with Crippen LogP contribution in [0.5, 0.6) is 5.75 Å². The molecule has 0 radical (unpaired) electrons. The first-order chi connectivity index (χ1) is 14.0. The van der Waals surface area contributed by atoms with Crippen molar-refractivity contribution in [1.82, 2.24) is 19.6 Å². The van der Waals surface area contributed by atoms with E-state index in [-0.39, 0.29) is 35.4 Å². The summed E-state index contributed by atoms with van der Waals surface area (Å²) in [5.74, 6) is -1.65. The highest BCUT2D eigenvalue weighted by Gasteiger charge is 2.33. The van der Waals surface area contributed by atoms with Crippen molar-refractivity contribution in [3.05, 3.63) is 46.3 Å². The number of aromatic carboxylic acids is 1. The second-order valence-electron chi connectivity index (χ2n) is 7.45. The number of halogens is 1. The fourth-order valence-corrected chi connectivity index (χ4v) is 4.23. The Morgan fingerprint density at radius 1 is 1.41 bits per heavy atom. The Hall–Kier alpha value is -3.43. The zero-order chi connectivity index (χ0) is 20.3. The van der Waals surface area contributed by atoms with E-state index >= 15 is 4.39 Å². The van der Waals surface area contributed by atoms with E-state index in [1.807, 2.05) is 11.8 Å². The average Bonchev–Trinajstić information content (AvgIpc) is 3.37. The summed E-state index contributed by atoms with van der Waals surface area (Å²) < 4.78 is 24.5. The van der Waals surface area contributed by atoms with Crippen LogP contribution in [0.2, 0.25) is 0 Å². The van der Waals surface area contributed by atoms with E-state index in [1.165, 1.54) is 6.20 Å². The van der Waals surface area contributed by atoms with Crippen LogP contribution in [-0.2, 0) is 0 Å². The van der Waals surface area contributed by atoms with Crippen molar-refractivity contribution in [2.75, 3.05) is 24.6 Å². The molecular weight excluding hydrogens is 381 g/mol. The van der Waals surface area contributed by atoms with Crippen molar-refractivity contribution >= 4 is 22.6 Å². The number of nitrogens with zero attached hydrogens (tertiary/aromatic N) is 5. The van der Waals surface area contributed by atoms with Crippen LogP contribution in [0, 0.1) is 5.82 Å². The molecule has 2 aliphatic rings. The summed E-state index contributed by atoms with van der Waals surface area (Å²) in [6, 6.07) is 0.992. The quantitative estimate of drug-likeness (QED) is 0.717. The Kier molecular flexibility index (Phi) is 3.83. The van der Waals surface area contributed by atoms with Gasteiger partial charge in [-0.2, -0.15) is 0 Å². The summed E-state index contributed by atoms with van der Waals surface area (Å²) in [5, 5.41) is 17.2. The predicted molar refractivity (Wildman–Crippen MR) is 101 cm³/mol. The van der Waals surface area contributed by atoms with E-state index in [0.717, 1.165) is 12.5 Å². The molecule has 2 aromatic heterocycles. The molecule has 1 fully saturated rings. The molecule has 1 saturated heterocycles. The lowest BCUT2D eigenvalue weighted by atomic mass is 10.1. The molecule has 1 N–H and O–H groups in total. The molecule has 2 atom stereocenters. The van der Waals surface area contributed by atoms with Gasteiger partial charge in [0.1, 0.15) is 17.9 Å². The molecule has 0 amide bonds. The summed E-state index contributed by atoms with van der Waals surface area (Å²) in [6.45, 7) is 3.23. The van der Waals surface area contributed by atoms with Crippen LogP contribution >= 0.6 is 0 Å². The number of carboxylic acid groups (broad SMARTS) is 1. The molecule has 9 nitrogen and oxygen atoms in total. The first kappa shape index (κ1) is 17.7. The molecule has 29 heavy (non-hydrogen) atoms. The standard InChI is InChI=1S/C19H18FN5O4/c1-10-9-29-18-15-12(17(26)13(19(27)28)8-24(10)15)6-14(20)16(18)23-4-2-11(7-23)25-5-3-21-22-25/h3,5-6,8,10-11H,2,4,7,9H2,1H3,(H,27,28)/t10-,11?/m0/s1. The molecule has 1 unspecified atom stereocenters. The second-order valence-corrected chi connectivity index (χ2v) is 7.45. The summed E-state index contributed by atoms with van der Waals surface area (Å²) in [5.41, 5.74) is -0.366. The van der Waals surface area contributed by atoms with Gasteiger partial charge >= 0.3 is 5.97 Å². The minimum atomic E-state index is -1.33. The van der Waals surface area contributed by atoms with Crippen molar-refractivity contribution in [3.63, 3.8) is 0 Å². The van der Waals surface area contributed by atoms with E-state index in [4.69, 9.17) is 4.74 Å². The van der Waals surface area contributed by atoms with Crippen molar-refractivity contribution < 1.29 is 19.0 Å². The van der Waals surface area contributed by atoms with Crippen molar-refractivity contribution in [1.29, 1.82) is 0 Å². The third kappa shape index (κ3) is 2.59. The third-order valence-corrected chi connectivity index (χ3v) is 5.67. The Balaban J connectivity index is 1.69. The molecule has 0 saturated carbocycles. The highest BCUT2D eigenvalue weighted by molar-refractivity contribution is 5.97. The number of benzene rings is 1. The minimum absolute atomic E-state index is 0.0136. The Labute approximate surface area is 163 Å². The van der Waals surface area contributed by atoms with Crippen molar-refractivity contribution in [2.45, 2.75) is 25.4 Å². The molecule has 10 heteroatoms. The number of pyridine rings is 1. The van der Waals surface area contributed by atoms with E-state index < -0.39 is 17.2 Å².